The first-order chi connectivity index (χ1) is 16.1. The minimum atomic E-state index is -1.53. The lowest BCUT2D eigenvalue weighted by Gasteiger charge is -2.34. The van der Waals surface area contributed by atoms with E-state index in [4.69, 9.17) is 9.15 Å². The second kappa shape index (κ2) is 8.15. The molecule has 0 N–H and O–H groups in total. The lowest BCUT2D eigenvalue weighted by molar-refractivity contribution is -0.126. The summed E-state index contributed by atoms with van der Waals surface area (Å²) < 4.78 is 11.5. The maximum Gasteiger partial charge on any atom is 0.291 e. The smallest absolute Gasteiger partial charge is 0.291 e. The van der Waals surface area contributed by atoms with Gasteiger partial charge in [0.1, 0.15) is 5.58 Å². The highest BCUT2D eigenvalue weighted by atomic mass is 16.5. The van der Waals surface area contributed by atoms with Gasteiger partial charge in [0.15, 0.2) is 11.0 Å². The molecular weight excluding hydrogens is 420 g/mol. The van der Waals surface area contributed by atoms with E-state index in [-0.39, 0.29) is 29.2 Å². The van der Waals surface area contributed by atoms with Gasteiger partial charge in [0.25, 0.3) is 11.8 Å². The number of hydrogen-bond acceptors (Lipinski definition) is 5. The Hall–Kier alpha value is -3.45. The highest BCUT2D eigenvalue weighted by Gasteiger charge is 2.64. The molecule has 3 heterocycles. The molecule has 3 aromatic rings. The van der Waals surface area contributed by atoms with Crippen LogP contribution < -0.4 is 10.3 Å². The third kappa shape index (κ3) is 2.88. The first-order valence-corrected chi connectivity index (χ1v) is 11.4. The molecule has 0 radical (unpaired) electrons. The van der Waals surface area contributed by atoms with E-state index in [1.807, 2.05) is 38.1 Å². The molecular formula is C26H26N2O5. The first-order valence-electron chi connectivity index (χ1n) is 11.4. The van der Waals surface area contributed by atoms with Gasteiger partial charge in [-0.3, -0.25) is 14.4 Å². The summed E-state index contributed by atoms with van der Waals surface area (Å²) in [6.07, 6.45) is 1.28. The number of anilines is 1. The van der Waals surface area contributed by atoms with Crippen LogP contribution in [0.5, 0.6) is 0 Å². The largest absolute Gasteiger partial charge is 0.450 e. The number of fused-ring (bicyclic) bond motifs is 5. The molecule has 1 spiro atoms. The average molecular weight is 447 g/mol. The third-order valence-corrected chi connectivity index (χ3v) is 6.46. The zero-order valence-electron chi connectivity index (χ0n) is 18.8. The molecule has 0 saturated heterocycles. The molecule has 170 valence electrons. The monoisotopic (exact) mass is 446 g/mol. The van der Waals surface area contributed by atoms with Gasteiger partial charge in [-0.25, -0.2) is 0 Å². The Morgan fingerprint density at radius 1 is 0.970 bits per heavy atom. The number of ether oxygens (including phenoxy) is 1. The van der Waals surface area contributed by atoms with Crippen molar-refractivity contribution in [1.82, 2.24) is 4.90 Å². The van der Waals surface area contributed by atoms with Crippen LogP contribution in [0.4, 0.5) is 5.69 Å². The molecule has 7 nitrogen and oxygen atoms in total. The zero-order chi connectivity index (χ0) is 23.2. The van der Waals surface area contributed by atoms with Crippen molar-refractivity contribution in [2.75, 3.05) is 31.2 Å². The molecule has 2 aliphatic rings. The fourth-order valence-electron chi connectivity index (χ4n) is 5.15. The lowest BCUT2D eigenvalue weighted by Crippen LogP contribution is -2.53. The van der Waals surface area contributed by atoms with Crippen LogP contribution in [-0.2, 0) is 15.1 Å². The van der Waals surface area contributed by atoms with Gasteiger partial charge in [0, 0.05) is 31.9 Å². The SMILES string of the molecule is CCCN1C(=O)[C@]2(c3ccccc31)c1c(oc3ccccc3c1=O)C(=O)N2CCCOCC. The van der Waals surface area contributed by atoms with Crippen LogP contribution in [-0.4, -0.2) is 43.0 Å². The summed E-state index contributed by atoms with van der Waals surface area (Å²) in [6, 6.07) is 14.3. The van der Waals surface area contributed by atoms with Crippen molar-refractivity contribution >= 4 is 28.5 Å². The number of nitrogens with zero attached hydrogens (tertiary/aromatic N) is 2. The molecule has 0 fully saturated rings. The van der Waals surface area contributed by atoms with Crippen LogP contribution in [0.2, 0.25) is 0 Å². The molecule has 33 heavy (non-hydrogen) atoms. The topological polar surface area (TPSA) is 80.1 Å². The van der Waals surface area contributed by atoms with Crippen molar-refractivity contribution in [2.24, 2.45) is 0 Å². The molecule has 1 aromatic heterocycles. The second-order valence-corrected chi connectivity index (χ2v) is 8.32. The van der Waals surface area contributed by atoms with Gasteiger partial charge < -0.3 is 19.0 Å². The molecule has 1 atom stereocenters. The average Bonchev–Trinajstić information content (AvgIpc) is 3.22. The standard InChI is InChI=1S/C26H26N2O5/c1-3-14-27-19-12-7-6-11-18(19)26(25(27)31)21-22(29)17-10-5-8-13-20(17)33-23(21)24(30)28(26)15-9-16-32-4-2/h5-8,10-13H,3-4,9,14-16H2,1-2H3/t26-/m0/s1. The quantitative estimate of drug-likeness (QED) is 0.518. The third-order valence-electron chi connectivity index (χ3n) is 6.46. The number of rotatable bonds is 7. The summed E-state index contributed by atoms with van der Waals surface area (Å²) in [5.74, 6) is -0.765. The minimum absolute atomic E-state index is 0.0448. The summed E-state index contributed by atoms with van der Waals surface area (Å²) in [7, 11) is 0. The Labute approximate surface area is 191 Å². The van der Waals surface area contributed by atoms with Gasteiger partial charge in [0.2, 0.25) is 5.76 Å². The molecule has 0 aliphatic carbocycles. The Morgan fingerprint density at radius 3 is 2.52 bits per heavy atom. The number of carbonyl (C=O) groups excluding carboxylic acids is 2. The number of para-hydroxylation sites is 2. The normalized spacial score (nSPS) is 19.1. The van der Waals surface area contributed by atoms with E-state index in [9.17, 15) is 14.4 Å². The second-order valence-electron chi connectivity index (χ2n) is 8.32. The van der Waals surface area contributed by atoms with Crippen molar-refractivity contribution in [3.63, 3.8) is 0 Å². The number of amides is 2. The van der Waals surface area contributed by atoms with Gasteiger partial charge in [-0.05, 0) is 38.0 Å². The van der Waals surface area contributed by atoms with Crippen molar-refractivity contribution in [3.05, 3.63) is 75.6 Å². The van der Waals surface area contributed by atoms with Gasteiger partial charge in [-0.1, -0.05) is 37.3 Å². The van der Waals surface area contributed by atoms with Gasteiger partial charge in [-0.15, -0.1) is 0 Å². The van der Waals surface area contributed by atoms with E-state index in [2.05, 4.69) is 0 Å². The maximum atomic E-state index is 14.2. The molecule has 2 aromatic carbocycles. The number of benzene rings is 2. The summed E-state index contributed by atoms with van der Waals surface area (Å²) >= 11 is 0. The Bertz CT molecular complexity index is 1310. The highest BCUT2D eigenvalue weighted by Crippen LogP contribution is 2.52. The predicted octanol–water partition coefficient (Wildman–Crippen LogP) is 3.68. The van der Waals surface area contributed by atoms with Crippen LogP contribution >= 0.6 is 0 Å². The Kier molecular flexibility index (Phi) is 5.29. The van der Waals surface area contributed by atoms with E-state index in [1.165, 1.54) is 4.90 Å². The molecule has 0 unspecified atom stereocenters. The Morgan fingerprint density at radius 2 is 1.73 bits per heavy atom. The summed E-state index contributed by atoms with van der Waals surface area (Å²) in [6.45, 7) is 5.68. The fraction of sp³-hybridized carbons (Fsp3) is 0.346. The van der Waals surface area contributed by atoms with Gasteiger partial charge >= 0.3 is 0 Å². The van der Waals surface area contributed by atoms with Crippen molar-refractivity contribution in [3.8, 4) is 0 Å². The van der Waals surface area contributed by atoms with Crippen LogP contribution in [0.1, 0.15) is 48.4 Å². The van der Waals surface area contributed by atoms with Crippen LogP contribution in [0, 0.1) is 0 Å². The van der Waals surface area contributed by atoms with E-state index >= 15 is 0 Å². The van der Waals surface area contributed by atoms with Crippen molar-refractivity contribution < 1.29 is 18.7 Å². The number of hydrogen-bond donors (Lipinski definition) is 0. The van der Waals surface area contributed by atoms with E-state index in [1.54, 1.807) is 29.2 Å². The van der Waals surface area contributed by atoms with Gasteiger partial charge in [0.05, 0.1) is 16.6 Å². The van der Waals surface area contributed by atoms with Gasteiger partial charge in [-0.2, -0.15) is 0 Å². The molecule has 5 rings (SSSR count). The van der Waals surface area contributed by atoms with E-state index in [0.29, 0.717) is 42.7 Å². The lowest BCUT2D eigenvalue weighted by atomic mass is 9.84. The molecule has 2 aliphatic heterocycles. The maximum absolute atomic E-state index is 14.2. The molecule has 0 saturated carbocycles. The zero-order valence-corrected chi connectivity index (χ0v) is 18.8. The molecule has 2 amide bonds. The van der Waals surface area contributed by atoms with E-state index in [0.717, 1.165) is 12.1 Å². The predicted molar refractivity (Wildman–Crippen MR) is 124 cm³/mol. The molecule has 7 heteroatoms. The van der Waals surface area contributed by atoms with Crippen molar-refractivity contribution in [1.29, 1.82) is 0 Å². The Balaban J connectivity index is 1.80. The fourth-order valence-corrected chi connectivity index (χ4v) is 5.15. The summed E-state index contributed by atoms with van der Waals surface area (Å²) in [5.41, 5.74) is -0.0331. The summed E-state index contributed by atoms with van der Waals surface area (Å²) in [5, 5.41) is 0.360. The minimum Gasteiger partial charge on any atom is -0.450 e. The van der Waals surface area contributed by atoms with Crippen LogP contribution in [0.25, 0.3) is 11.0 Å². The summed E-state index contributed by atoms with van der Waals surface area (Å²) in [4.78, 5) is 45.0. The van der Waals surface area contributed by atoms with Crippen LogP contribution in [0.15, 0.2) is 57.7 Å². The first kappa shape index (κ1) is 21.4. The van der Waals surface area contributed by atoms with Crippen molar-refractivity contribution in [2.45, 2.75) is 32.2 Å². The van der Waals surface area contributed by atoms with E-state index < -0.39 is 11.4 Å². The highest BCUT2D eigenvalue weighted by molar-refractivity contribution is 6.17. The number of carbonyl (C=O) groups is 2. The molecule has 0 bridgehead atoms. The van der Waals surface area contributed by atoms with Crippen LogP contribution in [0.3, 0.4) is 0 Å².